The molecule has 0 amide bonds. The first-order chi connectivity index (χ1) is 13.2. The van der Waals surface area contributed by atoms with Crippen LogP contribution in [0.25, 0.3) is 0 Å². The van der Waals surface area contributed by atoms with E-state index in [4.69, 9.17) is 9.72 Å². The smallest absolute Gasteiger partial charge is 0.225 e. The molecule has 3 aromatic rings. The quantitative estimate of drug-likeness (QED) is 0.764. The van der Waals surface area contributed by atoms with Crippen molar-refractivity contribution in [1.82, 2.24) is 19.9 Å². The van der Waals surface area contributed by atoms with Crippen molar-refractivity contribution in [3.8, 4) is 0 Å². The van der Waals surface area contributed by atoms with Gasteiger partial charge in [0.15, 0.2) is 0 Å². The third-order valence-electron chi connectivity index (χ3n) is 4.34. The number of nitrogens with one attached hydrogen (secondary N) is 1. The van der Waals surface area contributed by atoms with Gasteiger partial charge in [0, 0.05) is 24.1 Å². The summed E-state index contributed by atoms with van der Waals surface area (Å²) in [5, 5.41) is 3.23. The lowest BCUT2D eigenvalue weighted by Crippen LogP contribution is -2.39. The maximum Gasteiger partial charge on any atom is 0.225 e. The van der Waals surface area contributed by atoms with E-state index in [1.165, 1.54) is 0 Å². The molecule has 7 heteroatoms. The Labute approximate surface area is 158 Å². The number of hydrogen-bond donors (Lipinski definition) is 1. The maximum absolute atomic E-state index is 5.98. The van der Waals surface area contributed by atoms with E-state index in [2.05, 4.69) is 25.2 Å². The van der Waals surface area contributed by atoms with Crippen LogP contribution in [0, 0.1) is 13.8 Å². The summed E-state index contributed by atoms with van der Waals surface area (Å²) >= 11 is 0. The fourth-order valence-electron chi connectivity index (χ4n) is 3.13. The average molecular weight is 362 g/mol. The minimum atomic E-state index is -0.131. The predicted octanol–water partition coefficient (Wildman–Crippen LogP) is 3.20. The Balaban J connectivity index is 1.52. The molecule has 3 aromatic heterocycles. The van der Waals surface area contributed by atoms with E-state index in [1.54, 1.807) is 6.20 Å². The molecule has 0 aliphatic carbocycles. The molecule has 0 unspecified atom stereocenters. The maximum atomic E-state index is 5.98. The normalized spacial score (nSPS) is 17.0. The molecule has 0 spiro atoms. The molecule has 1 N–H and O–H groups in total. The standard InChI is InChI=1S/C20H22N6O/c1-14-12-15(2)23-20(22-14)26-10-11-27-17(13-26)16-6-5-8-19(24-16)25-18-7-3-4-9-21-18/h3-9,12,17H,10-11,13H2,1-2H3,(H,21,24,25)/t17-/m1/s1. The molecular weight excluding hydrogens is 340 g/mol. The van der Waals surface area contributed by atoms with E-state index >= 15 is 0 Å². The van der Waals surface area contributed by atoms with Crippen LogP contribution in [-0.2, 0) is 4.74 Å². The lowest BCUT2D eigenvalue weighted by molar-refractivity contribution is 0.0365. The van der Waals surface area contributed by atoms with E-state index in [0.29, 0.717) is 13.2 Å². The summed E-state index contributed by atoms with van der Waals surface area (Å²) in [6.45, 7) is 6.03. The van der Waals surface area contributed by atoms with Crippen LogP contribution in [0.3, 0.4) is 0 Å². The van der Waals surface area contributed by atoms with E-state index in [1.807, 2.05) is 56.3 Å². The van der Waals surface area contributed by atoms with Gasteiger partial charge in [-0.1, -0.05) is 12.1 Å². The number of nitrogens with zero attached hydrogens (tertiary/aromatic N) is 5. The molecule has 138 valence electrons. The first kappa shape index (κ1) is 17.4. The Morgan fingerprint density at radius 3 is 2.59 bits per heavy atom. The fraction of sp³-hybridized carbons (Fsp3) is 0.300. The van der Waals surface area contributed by atoms with Crippen molar-refractivity contribution < 1.29 is 4.74 Å². The summed E-state index contributed by atoms with van der Waals surface area (Å²) < 4.78 is 5.98. The molecule has 1 aliphatic rings. The van der Waals surface area contributed by atoms with Crippen LogP contribution in [0.1, 0.15) is 23.2 Å². The highest BCUT2D eigenvalue weighted by Gasteiger charge is 2.25. The van der Waals surface area contributed by atoms with Crippen molar-refractivity contribution in [3.63, 3.8) is 0 Å². The van der Waals surface area contributed by atoms with Gasteiger partial charge >= 0.3 is 0 Å². The Morgan fingerprint density at radius 2 is 1.81 bits per heavy atom. The zero-order chi connectivity index (χ0) is 18.6. The largest absolute Gasteiger partial charge is 0.368 e. The monoisotopic (exact) mass is 362 g/mol. The van der Waals surface area contributed by atoms with Gasteiger partial charge < -0.3 is 15.0 Å². The minimum absolute atomic E-state index is 0.131. The molecule has 4 heterocycles. The molecule has 1 fully saturated rings. The van der Waals surface area contributed by atoms with Crippen molar-refractivity contribution >= 4 is 17.6 Å². The van der Waals surface area contributed by atoms with Gasteiger partial charge in [0.25, 0.3) is 0 Å². The van der Waals surface area contributed by atoms with Gasteiger partial charge in [0.1, 0.15) is 17.7 Å². The lowest BCUT2D eigenvalue weighted by atomic mass is 10.2. The van der Waals surface area contributed by atoms with Crippen LogP contribution >= 0.6 is 0 Å². The van der Waals surface area contributed by atoms with Gasteiger partial charge in [-0.3, -0.25) is 0 Å². The van der Waals surface area contributed by atoms with Gasteiger partial charge in [-0.05, 0) is 44.2 Å². The molecule has 0 radical (unpaired) electrons. The number of morpholine rings is 1. The van der Waals surface area contributed by atoms with Gasteiger partial charge in [0.2, 0.25) is 5.95 Å². The third-order valence-corrected chi connectivity index (χ3v) is 4.34. The lowest BCUT2D eigenvalue weighted by Gasteiger charge is -2.33. The predicted molar refractivity (Wildman–Crippen MR) is 104 cm³/mol. The summed E-state index contributed by atoms with van der Waals surface area (Å²) in [6.07, 6.45) is 1.62. The number of rotatable bonds is 4. The number of ether oxygens (including phenoxy) is 1. The molecule has 0 saturated carbocycles. The van der Waals surface area contributed by atoms with Crippen molar-refractivity contribution in [2.24, 2.45) is 0 Å². The Hall–Kier alpha value is -3.06. The second-order valence-electron chi connectivity index (χ2n) is 6.54. The van der Waals surface area contributed by atoms with Crippen LogP contribution < -0.4 is 10.2 Å². The van der Waals surface area contributed by atoms with Crippen molar-refractivity contribution in [1.29, 1.82) is 0 Å². The zero-order valence-corrected chi connectivity index (χ0v) is 15.5. The second-order valence-corrected chi connectivity index (χ2v) is 6.54. The molecule has 1 aliphatic heterocycles. The second kappa shape index (κ2) is 7.67. The highest BCUT2D eigenvalue weighted by atomic mass is 16.5. The van der Waals surface area contributed by atoms with Crippen molar-refractivity contribution in [3.05, 3.63) is 65.7 Å². The number of anilines is 3. The first-order valence-corrected chi connectivity index (χ1v) is 9.01. The van der Waals surface area contributed by atoms with Gasteiger partial charge in [-0.25, -0.2) is 19.9 Å². The van der Waals surface area contributed by atoms with E-state index in [-0.39, 0.29) is 6.10 Å². The summed E-state index contributed by atoms with van der Waals surface area (Å²) in [7, 11) is 0. The minimum Gasteiger partial charge on any atom is -0.368 e. The molecule has 0 bridgehead atoms. The Morgan fingerprint density at radius 1 is 1.00 bits per heavy atom. The van der Waals surface area contributed by atoms with Crippen molar-refractivity contribution in [2.75, 3.05) is 29.9 Å². The summed E-state index contributed by atoms with van der Waals surface area (Å²) in [4.78, 5) is 20.3. The molecule has 1 saturated heterocycles. The van der Waals surface area contributed by atoms with Crippen LogP contribution in [0.5, 0.6) is 0 Å². The fourth-order valence-corrected chi connectivity index (χ4v) is 3.13. The number of pyridine rings is 2. The Kier molecular flexibility index (Phi) is 4.93. The number of aryl methyl sites for hydroxylation is 2. The zero-order valence-electron chi connectivity index (χ0n) is 15.5. The van der Waals surface area contributed by atoms with Crippen LogP contribution in [0.2, 0.25) is 0 Å². The molecule has 7 nitrogen and oxygen atoms in total. The van der Waals surface area contributed by atoms with Gasteiger partial charge in [-0.15, -0.1) is 0 Å². The molecule has 4 rings (SSSR count). The highest BCUT2D eigenvalue weighted by molar-refractivity contribution is 5.51. The molecule has 27 heavy (non-hydrogen) atoms. The van der Waals surface area contributed by atoms with Crippen LogP contribution in [0.15, 0.2) is 48.7 Å². The summed E-state index contributed by atoms with van der Waals surface area (Å²) in [5.41, 5.74) is 2.82. The Bertz CT molecular complexity index is 897. The first-order valence-electron chi connectivity index (χ1n) is 9.01. The van der Waals surface area contributed by atoms with Crippen LogP contribution in [0.4, 0.5) is 17.6 Å². The third kappa shape index (κ3) is 4.20. The van der Waals surface area contributed by atoms with Gasteiger partial charge in [-0.2, -0.15) is 0 Å². The van der Waals surface area contributed by atoms with Crippen LogP contribution in [-0.4, -0.2) is 39.6 Å². The van der Waals surface area contributed by atoms with E-state index in [9.17, 15) is 0 Å². The highest BCUT2D eigenvalue weighted by Crippen LogP contribution is 2.25. The van der Waals surface area contributed by atoms with E-state index in [0.717, 1.165) is 41.2 Å². The summed E-state index contributed by atoms with van der Waals surface area (Å²) in [6, 6.07) is 13.6. The SMILES string of the molecule is Cc1cc(C)nc(N2CCO[C@@H](c3cccc(Nc4ccccn4)n3)C2)n1. The number of aromatic nitrogens is 4. The number of hydrogen-bond acceptors (Lipinski definition) is 7. The summed E-state index contributed by atoms with van der Waals surface area (Å²) in [5.74, 6) is 2.26. The average Bonchev–Trinajstić information content (AvgIpc) is 2.68. The van der Waals surface area contributed by atoms with E-state index < -0.39 is 0 Å². The molecule has 0 aromatic carbocycles. The molecule has 1 atom stereocenters. The topological polar surface area (TPSA) is 76.1 Å². The van der Waals surface area contributed by atoms with Crippen molar-refractivity contribution in [2.45, 2.75) is 20.0 Å². The molecular formula is C20H22N6O. The van der Waals surface area contributed by atoms with Gasteiger partial charge in [0.05, 0.1) is 18.8 Å².